The van der Waals surface area contributed by atoms with E-state index in [0.717, 1.165) is 23.0 Å². The number of methoxy groups -OCH3 is 1. The van der Waals surface area contributed by atoms with Crippen LogP contribution in [0.4, 0.5) is 10.1 Å². The lowest BCUT2D eigenvalue weighted by Gasteiger charge is -2.08. The second-order valence-corrected chi connectivity index (χ2v) is 6.75. The van der Waals surface area contributed by atoms with Crippen LogP contribution in [0, 0.1) is 5.82 Å². The molecule has 0 bridgehead atoms. The topological polar surface area (TPSA) is 81.4 Å². The van der Waals surface area contributed by atoms with Crippen molar-refractivity contribution in [2.24, 2.45) is 5.73 Å². The standard InChI is InChI=1S/C12H13FN2O3S2/c1-18-11-3-2-9(5-10(11)13)15-20(16,17)12-4-8(6-14)7-19-12/h2-5,7,15H,6,14H2,1H3. The number of nitrogens with two attached hydrogens (primary N) is 1. The summed E-state index contributed by atoms with van der Waals surface area (Å²) in [5.74, 6) is -0.587. The van der Waals surface area contributed by atoms with E-state index in [2.05, 4.69) is 4.72 Å². The van der Waals surface area contributed by atoms with Crippen LogP contribution >= 0.6 is 11.3 Å². The molecule has 108 valence electrons. The van der Waals surface area contributed by atoms with Gasteiger partial charge in [-0.3, -0.25) is 4.72 Å². The van der Waals surface area contributed by atoms with E-state index >= 15 is 0 Å². The van der Waals surface area contributed by atoms with Crippen molar-refractivity contribution in [2.45, 2.75) is 10.8 Å². The Hall–Kier alpha value is -1.64. The molecular formula is C12H13FN2O3S2. The first-order valence-corrected chi connectivity index (χ1v) is 7.96. The zero-order chi connectivity index (χ0) is 14.8. The number of benzene rings is 1. The minimum Gasteiger partial charge on any atom is -0.494 e. The summed E-state index contributed by atoms with van der Waals surface area (Å²) in [5.41, 5.74) is 6.30. The average molecular weight is 316 g/mol. The number of hydrogen-bond acceptors (Lipinski definition) is 5. The molecule has 0 saturated carbocycles. The monoisotopic (exact) mass is 316 g/mol. The van der Waals surface area contributed by atoms with Crippen molar-refractivity contribution in [1.29, 1.82) is 0 Å². The van der Waals surface area contributed by atoms with Gasteiger partial charge in [-0.1, -0.05) is 0 Å². The van der Waals surface area contributed by atoms with Gasteiger partial charge in [0, 0.05) is 12.6 Å². The molecule has 0 radical (unpaired) electrons. The molecule has 2 aromatic rings. The second-order valence-electron chi connectivity index (χ2n) is 3.93. The number of ether oxygens (including phenoxy) is 1. The predicted octanol–water partition coefficient (Wildman–Crippen LogP) is 2.16. The van der Waals surface area contributed by atoms with Gasteiger partial charge in [-0.25, -0.2) is 12.8 Å². The van der Waals surface area contributed by atoms with Crippen LogP contribution in [-0.4, -0.2) is 15.5 Å². The van der Waals surface area contributed by atoms with Crippen molar-refractivity contribution in [3.63, 3.8) is 0 Å². The molecule has 20 heavy (non-hydrogen) atoms. The SMILES string of the molecule is COc1ccc(NS(=O)(=O)c2cc(CN)cs2)cc1F. The van der Waals surface area contributed by atoms with Crippen molar-refractivity contribution >= 4 is 27.0 Å². The lowest BCUT2D eigenvalue weighted by molar-refractivity contribution is 0.386. The highest BCUT2D eigenvalue weighted by Crippen LogP contribution is 2.25. The van der Waals surface area contributed by atoms with E-state index in [4.69, 9.17) is 10.5 Å². The van der Waals surface area contributed by atoms with E-state index in [1.807, 2.05) is 0 Å². The smallest absolute Gasteiger partial charge is 0.271 e. The summed E-state index contributed by atoms with van der Waals surface area (Å²) in [4.78, 5) is 0. The highest BCUT2D eigenvalue weighted by molar-refractivity contribution is 7.94. The van der Waals surface area contributed by atoms with E-state index in [-0.39, 0.29) is 22.2 Å². The fourth-order valence-corrected chi connectivity index (χ4v) is 3.81. The van der Waals surface area contributed by atoms with Crippen LogP contribution in [-0.2, 0) is 16.6 Å². The molecule has 1 aromatic carbocycles. The maximum atomic E-state index is 13.5. The summed E-state index contributed by atoms with van der Waals surface area (Å²) in [6, 6.07) is 5.34. The van der Waals surface area contributed by atoms with Gasteiger partial charge in [-0.15, -0.1) is 11.3 Å². The van der Waals surface area contributed by atoms with E-state index in [0.29, 0.717) is 0 Å². The Bertz CT molecular complexity index is 713. The van der Waals surface area contributed by atoms with E-state index < -0.39 is 15.8 Å². The number of anilines is 1. The second kappa shape index (κ2) is 5.78. The highest BCUT2D eigenvalue weighted by atomic mass is 32.2. The van der Waals surface area contributed by atoms with Crippen LogP contribution in [0.3, 0.4) is 0 Å². The first kappa shape index (κ1) is 14.8. The van der Waals surface area contributed by atoms with Gasteiger partial charge in [0.25, 0.3) is 10.0 Å². The van der Waals surface area contributed by atoms with Gasteiger partial charge in [-0.05, 0) is 29.1 Å². The predicted molar refractivity (Wildman–Crippen MR) is 76.0 cm³/mol. The Kier molecular flexibility index (Phi) is 4.26. The molecule has 0 saturated heterocycles. The average Bonchev–Trinajstić information content (AvgIpc) is 2.88. The van der Waals surface area contributed by atoms with E-state index in [1.165, 1.54) is 25.3 Å². The fourth-order valence-electron chi connectivity index (χ4n) is 1.54. The molecule has 0 aliphatic heterocycles. The summed E-state index contributed by atoms with van der Waals surface area (Å²) >= 11 is 1.06. The molecule has 0 spiro atoms. The van der Waals surface area contributed by atoms with Gasteiger partial charge < -0.3 is 10.5 Å². The third kappa shape index (κ3) is 3.09. The van der Waals surface area contributed by atoms with Crippen molar-refractivity contribution in [3.8, 4) is 5.75 Å². The molecule has 0 aliphatic carbocycles. The van der Waals surface area contributed by atoms with Gasteiger partial charge in [0.05, 0.1) is 12.8 Å². The van der Waals surface area contributed by atoms with Gasteiger partial charge in [0.1, 0.15) is 4.21 Å². The third-order valence-corrected chi connectivity index (χ3v) is 5.40. The van der Waals surface area contributed by atoms with Crippen molar-refractivity contribution < 1.29 is 17.5 Å². The molecule has 0 unspecified atom stereocenters. The molecule has 8 heteroatoms. The Morgan fingerprint density at radius 2 is 2.15 bits per heavy atom. The van der Waals surface area contributed by atoms with Crippen LogP contribution in [0.2, 0.25) is 0 Å². The van der Waals surface area contributed by atoms with Crippen LogP contribution in [0.5, 0.6) is 5.75 Å². The number of thiophene rings is 1. The zero-order valence-electron chi connectivity index (χ0n) is 10.6. The summed E-state index contributed by atoms with van der Waals surface area (Å²) in [6.07, 6.45) is 0. The van der Waals surface area contributed by atoms with Crippen molar-refractivity contribution in [1.82, 2.24) is 0 Å². The molecule has 0 fully saturated rings. The van der Waals surface area contributed by atoms with Crippen LogP contribution in [0.25, 0.3) is 0 Å². The molecule has 1 heterocycles. The van der Waals surface area contributed by atoms with E-state index in [9.17, 15) is 12.8 Å². The Morgan fingerprint density at radius 1 is 1.40 bits per heavy atom. The molecular weight excluding hydrogens is 303 g/mol. The lowest BCUT2D eigenvalue weighted by Crippen LogP contribution is -2.11. The summed E-state index contributed by atoms with van der Waals surface area (Å²) in [7, 11) is -2.40. The largest absolute Gasteiger partial charge is 0.494 e. The minimum atomic E-state index is -3.73. The number of hydrogen-bond donors (Lipinski definition) is 2. The zero-order valence-corrected chi connectivity index (χ0v) is 12.2. The van der Waals surface area contributed by atoms with Crippen molar-refractivity contribution in [2.75, 3.05) is 11.8 Å². The van der Waals surface area contributed by atoms with Gasteiger partial charge >= 0.3 is 0 Å². The maximum Gasteiger partial charge on any atom is 0.271 e. The number of halogens is 1. The quantitative estimate of drug-likeness (QED) is 0.885. The highest BCUT2D eigenvalue weighted by Gasteiger charge is 2.17. The van der Waals surface area contributed by atoms with Gasteiger partial charge in [-0.2, -0.15) is 0 Å². The van der Waals surface area contributed by atoms with Crippen LogP contribution < -0.4 is 15.2 Å². The van der Waals surface area contributed by atoms with Crippen molar-refractivity contribution in [3.05, 3.63) is 41.0 Å². The van der Waals surface area contributed by atoms with Gasteiger partial charge in [0.2, 0.25) is 0 Å². The lowest BCUT2D eigenvalue weighted by atomic mass is 10.3. The maximum absolute atomic E-state index is 13.5. The molecule has 0 atom stereocenters. The van der Waals surface area contributed by atoms with E-state index in [1.54, 1.807) is 5.38 Å². The number of nitrogens with one attached hydrogen (secondary N) is 1. The summed E-state index contributed by atoms with van der Waals surface area (Å²) in [5, 5.41) is 1.67. The fraction of sp³-hybridized carbons (Fsp3) is 0.167. The Labute approximate surface area is 120 Å². The first-order valence-electron chi connectivity index (χ1n) is 5.60. The number of rotatable bonds is 5. The molecule has 1 aromatic heterocycles. The van der Waals surface area contributed by atoms with Gasteiger partial charge in [0.15, 0.2) is 11.6 Å². The molecule has 2 rings (SSSR count). The molecule has 5 nitrogen and oxygen atoms in total. The normalized spacial score (nSPS) is 11.3. The minimum absolute atomic E-state index is 0.0505. The summed E-state index contributed by atoms with van der Waals surface area (Å²) in [6.45, 7) is 0.267. The first-order chi connectivity index (χ1) is 9.46. The number of sulfonamides is 1. The van der Waals surface area contributed by atoms with Crippen LogP contribution in [0.15, 0.2) is 33.9 Å². The molecule has 0 aliphatic rings. The Morgan fingerprint density at radius 3 is 2.70 bits per heavy atom. The third-order valence-electron chi connectivity index (χ3n) is 2.53. The molecule has 0 amide bonds. The Balaban J connectivity index is 2.26. The molecule has 3 N–H and O–H groups in total. The summed E-state index contributed by atoms with van der Waals surface area (Å²) < 4.78 is 44.9. The van der Waals surface area contributed by atoms with Crippen LogP contribution in [0.1, 0.15) is 5.56 Å².